The molecule has 0 aromatic heterocycles. The molecule has 0 spiro atoms. The van der Waals surface area contributed by atoms with Crippen LogP contribution in [-0.2, 0) is 24.0 Å². The van der Waals surface area contributed by atoms with E-state index in [4.69, 9.17) is 9.47 Å². The molecule has 0 atom stereocenters. The van der Waals surface area contributed by atoms with E-state index in [1.165, 1.54) is 29.5 Å². The molecule has 1 aromatic carbocycles. The fraction of sp³-hybridized carbons (Fsp3) is 0.562. The first-order chi connectivity index (χ1) is 9.72. The van der Waals surface area contributed by atoms with E-state index in [9.17, 15) is 4.79 Å². The van der Waals surface area contributed by atoms with Gasteiger partial charge >= 0.3 is 5.97 Å². The number of esters is 1. The zero-order valence-electron chi connectivity index (χ0n) is 12.1. The summed E-state index contributed by atoms with van der Waals surface area (Å²) in [4.78, 5) is 12.2. The van der Waals surface area contributed by atoms with Crippen LogP contribution in [0.5, 0.6) is 5.75 Å². The number of carbonyl (C=O) groups excluding carboxylic acids is 1. The SMILES string of the molecule is CCOC(=O)c1cc2c(c(CCBr)c1OC)CCCC2. The van der Waals surface area contributed by atoms with Gasteiger partial charge in [0.1, 0.15) is 11.3 Å². The summed E-state index contributed by atoms with van der Waals surface area (Å²) in [6.07, 6.45) is 5.40. The highest BCUT2D eigenvalue weighted by atomic mass is 79.9. The number of rotatable bonds is 5. The standard InChI is InChI=1S/C16H21BrO3/c1-3-20-16(18)14-10-11-6-4-5-7-12(11)13(8-9-17)15(14)19-2/h10H,3-9H2,1-2H3. The molecule has 20 heavy (non-hydrogen) atoms. The third kappa shape index (κ3) is 3.00. The zero-order valence-corrected chi connectivity index (χ0v) is 13.7. The normalized spacial score (nSPS) is 13.8. The lowest BCUT2D eigenvalue weighted by molar-refractivity contribution is 0.0522. The molecule has 1 aliphatic rings. The van der Waals surface area contributed by atoms with Crippen molar-refractivity contribution in [1.29, 1.82) is 0 Å². The van der Waals surface area contributed by atoms with Gasteiger partial charge in [-0.25, -0.2) is 4.79 Å². The highest BCUT2D eigenvalue weighted by Crippen LogP contribution is 2.35. The van der Waals surface area contributed by atoms with Crippen LogP contribution >= 0.6 is 15.9 Å². The molecule has 4 heteroatoms. The van der Waals surface area contributed by atoms with Crippen LogP contribution in [0.4, 0.5) is 0 Å². The van der Waals surface area contributed by atoms with Crippen LogP contribution in [0.1, 0.15) is 46.8 Å². The molecule has 0 amide bonds. The molecular formula is C16H21BrO3. The molecule has 2 rings (SSSR count). The van der Waals surface area contributed by atoms with E-state index in [0.29, 0.717) is 17.9 Å². The lowest BCUT2D eigenvalue weighted by Gasteiger charge is -2.23. The van der Waals surface area contributed by atoms with Crippen molar-refractivity contribution in [3.63, 3.8) is 0 Å². The van der Waals surface area contributed by atoms with Crippen molar-refractivity contribution in [3.8, 4) is 5.75 Å². The molecule has 0 N–H and O–H groups in total. The first-order valence-electron chi connectivity index (χ1n) is 7.17. The molecule has 0 heterocycles. The average molecular weight is 341 g/mol. The number of fused-ring (bicyclic) bond motifs is 1. The van der Waals surface area contributed by atoms with E-state index in [1.54, 1.807) is 7.11 Å². The van der Waals surface area contributed by atoms with Gasteiger partial charge in [0.15, 0.2) is 0 Å². The van der Waals surface area contributed by atoms with Crippen LogP contribution in [0.15, 0.2) is 6.07 Å². The number of hydrogen-bond donors (Lipinski definition) is 0. The van der Waals surface area contributed by atoms with Gasteiger partial charge in [0.05, 0.1) is 13.7 Å². The van der Waals surface area contributed by atoms with Crippen molar-refractivity contribution in [3.05, 3.63) is 28.3 Å². The van der Waals surface area contributed by atoms with Gasteiger partial charge in [0, 0.05) is 5.33 Å². The molecule has 1 aromatic rings. The first-order valence-corrected chi connectivity index (χ1v) is 8.29. The van der Waals surface area contributed by atoms with Crippen molar-refractivity contribution in [1.82, 2.24) is 0 Å². The quantitative estimate of drug-likeness (QED) is 0.605. The van der Waals surface area contributed by atoms with Crippen molar-refractivity contribution < 1.29 is 14.3 Å². The Morgan fingerprint density at radius 3 is 2.75 bits per heavy atom. The fourth-order valence-corrected chi connectivity index (χ4v) is 3.32. The second-order valence-corrected chi connectivity index (χ2v) is 5.73. The number of hydrogen-bond acceptors (Lipinski definition) is 3. The topological polar surface area (TPSA) is 35.5 Å². The number of aryl methyl sites for hydroxylation is 1. The third-order valence-electron chi connectivity index (χ3n) is 3.76. The maximum Gasteiger partial charge on any atom is 0.341 e. The third-order valence-corrected chi connectivity index (χ3v) is 4.15. The Kier molecular flexibility index (Phi) is 5.46. The zero-order chi connectivity index (χ0) is 14.5. The monoisotopic (exact) mass is 340 g/mol. The van der Waals surface area contributed by atoms with Gasteiger partial charge in [-0.3, -0.25) is 0 Å². The van der Waals surface area contributed by atoms with Crippen LogP contribution in [0.3, 0.4) is 0 Å². The lowest BCUT2D eigenvalue weighted by atomic mass is 9.85. The summed E-state index contributed by atoms with van der Waals surface area (Å²) in [5.41, 5.74) is 4.41. The summed E-state index contributed by atoms with van der Waals surface area (Å²) in [5.74, 6) is 0.414. The maximum atomic E-state index is 12.2. The molecule has 1 aliphatic carbocycles. The van der Waals surface area contributed by atoms with Crippen LogP contribution in [-0.4, -0.2) is 25.0 Å². The summed E-state index contributed by atoms with van der Waals surface area (Å²) in [6.45, 7) is 2.20. The van der Waals surface area contributed by atoms with Crippen molar-refractivity contribution in [2.45, 2.75) is 39.0 Å². The van der Waals surface area contributed by atoms with Gasteiger partial charge in [0.2, 0.25) is 0 Å². The van der Waals surface area contributed by atoms with Crippen LogP contribution < -0.4 is 4.74 Å². The second kappa shape index (κ2) is 7.11. The minimum Gasteiger partial charge on any atom is -0.496 e. The molecule has 0 bridgehead atoms. The largest absolute Gasteiger partial charge is 0.496 e. The smallest absolute Gasteiger partial charge is 0.341 e. The van der Waals surface area contributed by atoms with E-state index in [-0.39, 0.29) is 5.97 Å². The molecule has 0 fully saturated rings. The number of carbonyl (C=O) groups is 1. The molecule has 0 radical (unpaired) electrons. The van der Waals surface area contributed by atoms with Gasteiger partial charge < -0.3 is 9.47 Å². The Morgan fingerprint density at radius 2 is 2.10 bits per heavy atom. The Bertz CT molecular complexity index is 497. The lowest BCUT2D eigenvalue weighted by Crippen LogP contribution is -2.15. The number of alkyl halides is 1. The molecular weight excluding hydrogens is 320 g/mol. The molecule has 0 saturated heterocycles. The van der Waals surface area contributed by atoms with Gasteiger partial charge in [-0.1, -0.05) is 15.9 Å². The van der Waals surface area contributed by atoms with Gasteiger partial charge in [-0.05, 0) is 61.8 Å². The van der Waals surface area contributed by atoms with Crippen molar-refractivity contribution in [2.75, 3.05) is 19.0 Å². The highest BCUT2D eigenvalue weighted by Gasteiger charge is 2.24. The number of ether oxygens (including phenoxy) is 2. The van der Waals surface area contributed by atoms with Crippen LogP contribution in [0, 0.1) is 0 Å². The minimum atomic E-state index is -0.284. The molecule has 3 nitrogen and oxygen atoms in total. The van der Waals surface area contributed by atoms with E-state index in [1.807, 2.05) is 13.0 Å². The Labute approximate surface area is 128 Å². The molecule has 0 saturated carbocycles. The Morgan fingerprint density at radius 1 is 1.35 bits per heavy atom. The van der Waals surface area contributed by atoms with Crippen molar-refractivity contribution in [2.24, 2.45) is 0 Å². The minimum absolute atomic E-state index is 0.284. The summed E-state index contributed by atoms with van der Waals surface area (Å²) in [5, 5.41) is 0.863. The first kappa shape index (κ1) is 15.4. The second-order valence-electron chi connectivity index (χ2n) is 4.94. The van der Waals surface area contributed by atoms with E-state index in [2.05, 4.69) is 15.9 Å². The summed E-state index contributed by atoms with van der Waals surface area (Å²) >= 11 is 3.50. The number of halogens is 1. The summed E-state index contributed by atoms with van der Waals surface area (Å²) in [6, 6.07) is 1.98. The van der Waals surface area contributed by atoms with E-state index < -0.39 is 0 Å². The fourth-order valence-electron chi connectivity index (χ4n) is 2.92. The molecule has 0 aliphatic heterocycles. The molecule has 110 valence electrons. The number of methoxy groups -OCH3 is 1. The Hall–Kier alpha value is -1.03. The predicted molar refractivity (Wildman–Crippen MR) is 83.1 cm³/mol. The Balaban J connectivity index is 2.56. The van der Waals surface area contributed by atoms with Gasteiger partial charge in [0.25, 0.3) is 0 Å². The van der Waals surface area contributed by atoms with Crippen LogP contribution in [0.2, 0.25) is 0 Å². The summed E-state index contributed by atoms with van der Waals surface area (Å²) < 4.78 is 10.7. The van der Waals surface area contributed by atoms with Gasteiger partial charge in [-0.2, -0.15) is 0 Å². The maximum absolute atomic E-state index is 12.2. The van der Waals surface area contributed by atoms with Gasteiger partial charge in [-0.15, -0.1) is 0 Å². The summed E-state index contributed by atoms with van der Waals surface area (Å²) in [7, 11) is 1.63. The van der Waals surface area contributed by atoms with E-state index in [0.717, 1.165) is 24.6 Å². The number of benzene rings is 1. The predicted octanol–water partition coefficient (Wildman–Crippen LogP) is 3.69. The van der Waals surface area contributed by atoms with E-state index >= 15 is 0 Å². The highest BCUT2D eigenvalue weighted by molar-refractivity contribution is 9.09. The van der Waals surface area contributed by atoms with Crippen LogP contribution in [0.25, 0.3) is 0 Å². The average Bonchev–Trinajstić information content (AvgIpc) is 2.47. The molecule has 0 unspecified atom stereocenters. The van der Waals surface area contributed by atoms with Crippen molar-refractivity contribution >= 4 is 21.9 Å².